The molecule has 3 aromatic rings. The van der Waals surface area contributed by atoms with Gasteiger partial charge in [-0.1, -0.05) is 24.3 Å². The van der Waals surface area contributed by atoms with Crippen LogP contribution in [-0.2, 0) is 4.79 Å². The number of ether oxygens (including phenoxy) is 2. The zero-order chi connectivity index (χ0) is 19.6. The van der Waals surface area contributed by atoms with Crippen molar-refractivity contribution in [3.05, 3.63) is 59.3 Å². The largest absolute Gasteiger partial charge is 0.493 e. The van der Waals surface area contributed by atoms with Crippen molar-refractivity contribution in [2.24, 2.45) is 0 Å². The number of amides is 1. The van der Waals surface area contributed by atoms with E-state index >= 15 is 0 Å². The van der Waals surface area contributed by atoms with Crippen LogP contribution in [0.25, 0.3) is 10.9 Å². The molecule has 1 unspecified atom stereocenters. The van der Waals surface area contributed by atoms with Crippen molar-refractivity contribution in [3.8, 4) is 11.5 Å². The second-order valence-corrected chi connectivity index (χ2v) is 6.31. The molecule has 6 heteroatoms. The number of rotatable bonds is 6. The van der Waals surface area contributed by atoms with Crippen LogP contribution in [0.1, 0.15) is 34.6 Å². The molecule has 6 nitrogen and oxygen atoms in total. The first-order chi connectivity index (χ1) is 13.0. The van der Waals surface area contributed by atoms with Crippen molar-refractivity contribution in [3.63, 3.8) is 0 Å². The van der Waals surface area contributed by atoms with Gasteiger partial charge in [-0.15, -0.1) is 0 Å². The van der Waals surface area contributed by atoms with Gasteiger partial charge in [0.2, 0.25) is 0 Å². The molecule has 1 aromatic heterocycles. The first-order valence-corrected chi connectivity index (χ1v) is 8.60. The third-order valence-electron chi connectivity index (χ3n) is 4.58. The number of carbonyl (C=O) groups excluding carboxylic acids is 2. The van der Waals surface area contributed by atoms with Gasteiger partial charge in [-0.2, -0.15) is 0 Å². The van der Waals surface area contributed by atoms with Crippen LogP contribution < -0.4 is 14.8 Å². The second kappa shape index (κ2) is 7.53. The van der Waals surface area contributed by atoms with Crippen molar-refractivity contribution in [2.45, 2.75) is 19.9 Å². The van der Waals surface area contributed by atoms with Gasteiger partial charge in [-0.05, 0) is 37.6 Å². The summed E-state index contributed by atoms with van der Waals surface area (Å²) in [6, 6.07) is 12.4. The van der Waals surface area contributed by atoms with Gasteiger partial charge in [0.15, 0.2) is 11.5 Å². The lowest BCUT2D eigenvalue weighted by Gasteiger charge is -2.16. The third-order valence-corrected chi connectivity index (χ3v) is 4.58. The van der Waals surface area contributed by atoms with E-state index in [9.17, 15) is 9.59 Å². The monoisotopic (exact) mass is 366 g/mol. The number of para-hydroxylation sites is 1. The predicted octanol–water partition coefficient (Wildman–Crippen LogP) is 3.55. The Morgan fingerprint density at radius 2 is 1.74 bits per heavy atom. The van der Waals surface area contributed by atoms with Crippen LogP contribution in [0, 0.1) is 6.92 Å². The van der Waals surface area contributed by atoms with E-state index in [0.29, 0.717) is 22.8 Å². The van der Waals surface area contributed by atoms with Gasteiger partial charge in [0.25, 0.3) is 11.7 Å². The van der Waals surface area contributed by atoms with Gasteiger partial charge in [0.1, 0.15) is 0 Å². The predicted molar refractivity (Wildman–Crippen MR) is 103 cm³/mol. The van der Waals surface area contributed by atoms with E-state index in [2.05, 4.69) is 10.3 Å². The van der Waals surface area contributed by atoms with Crippen molar-refractivity contribution in [1.82, 2.24) is 10.3 Å². The molecule has 0 saturated heterocycles. The fourth-order valence-electron chi connectivity index (χ4n) is 3.15. The SMILES string of the molecule is COc1ccc(C(C)NC(=O)C(=O)c2c(C)[nH]c3ccccc23)cc1OC. The Kier molecular flexibility index (Phi) is 5.16. The standard InChI is InChI=1S/C21H22N2O4/c1-12(14-9-10-17(26-3)18(11-14)27-4)23-21(25)20(24)19-13(2)22-16-8-6-5-7-15(16)19/h5-12,22H,1-4H3,(H,23,25). The number of H-pyrrole nitrogens is 1. The van der Waals surface area contributed by atoms with Crippen LogP contribution in [0.15, 0.2) is 42.5 Å². The number of aryl methyl sites for hydroxylation is 1. The van der Waals surface area contributed by atoms with E-state index in [-0.39, 0.29) is 6.04 Å². The van der Waals surface area contributed by atoms with Gasteiger partial charge >= 0.3 is 0 Å². The van der Waals surface area contributed by atoms with Gasteiger partial charge < -0.3 is 19.8 Å². The molecule has 0 saturated carbocycles. The lowest BCUT2D eigenvalue weighted by Crippen LogP contribution is -2.33. The third kappa shape index (κ3) is 3.51. The summed E-state index contributed by atoms with van der Waals surface area (Å²) in [6.07, 6.45) is 0. The zero-order valence-corrected chi connectivity index (χ0v) is 15.8. The average Bonchev–Trinajstić information content (AvgIpc) is 3.02. The Morgan fingerprint density at radius 1 is 1.04 bits per heavy atom. The number of fused-ring (bicyclic) bond motifs is 1. The van der Waals surface area contributed by atoms with E-state index in [4.69, 9.17) is 9.47 Å². The smallest absolute Gasteiger partial charge is 0.292 e. The van der Waals surface area contributed by atoms with Gasteiger partial charge in [0, 0.05) is 16.6 Å². The molecule has 27 heavy (non-hydrogen) atoms. The number of hydrogen-bond acceptors (Lipinski definition) is 4. The van der Waals surface area contributed by atoms with E-state index in [1.807, 2.05) is 37.3 Å². The lowest BCUT2D eigenvalue weighted by atomic mass is 10.0. The number of Topliss-reactive ketones (excluding diaryl/α,β-unsaturated/α-hetero) is 1. The molecule has 0 aliphatic carbocycles. The molecule has 1 amide bonds. The van der Waals surface area contributed by atoms with Crippen LogP contribution in [-0.4, -0.2) is 30.9 Å². The first-order valence-electron chi connectivity index (χ1n) is 8.60. The number of nitrogens with one attached hydrogen (secondary N) is 2. The molecule has 0 bridgehead atoms. The average molecular weight is 366 g/mol. The molecular formula is C21H22N2O4. The quantitative estimate of drug-likeness (QED) is 0.516. The minimum absolute atomic E-state index is 0.369. The summed E-state index contributed by atoms with van der Waals surface area (Å²) in [4.78, 5) is 28.5. The van der Waals surface area contributed by atoms with Crippen LogP contribution in [0.3, 0.4) is 0 Å². The fourth-order valence-corrected chi connectivity index (χ4v) is 3.15. The highest BCUT2D eigenvalue weighted by atomic mass is 16.5. The maximum atomic E-state index is 12.8. The number of methoxy groups -OCH3 is 2. The Balaban J connectivity index is 1.82. The van der Waals surface area contributed by atoms with Crippen molar-refractivity contribution in [2.75, 3.05) is 14.2 Å². The van der Waals surface area contributed by atoms with E-state index in [1.165, 1.54) is 0 Å². The summed E-state index contributed by atoms with van der Waals surface area (Å²) in [5.74, 6) is -0.0393. The number of benzene rings is 2. The molecule has 1 heterocycles. The molecule has 0 radical (unpaired) electrons. The summed E-state index contributed by atoms with van der Waals surface area (Å²) >= 11 is 0. The molecule has 0 fully saturated rings. The molecule has 2 N–H and O–H groups in total. The molecule has 3 rings (SSSR count). The first kappa shape index (κ1) is 18.5. The van der Waals surface area contributed by atoms with Crippen LogP contribution >= 0.6 is 0 Å². The minimum Gasteiger partial charge on any atom is -0.493 e. The highest BCUT2D eigenvalue weighted by molar-refractivity contribution is 6.45. The Bertz CT molecular complexity index is 1010. The highest BCUT2D eigenvalue weighted by Gasteiger charge is 2.24. The Labute approximate surface area is 157 Å². The fraction of sp³-hybridized carbons (Fsp3) is 0.238. The number of aromatic nitrogens is 1. The maximum absolute atomic E-state index is 12.8. The number of ketones is 1. The molecule has 0 aliphatic heterocycles. The van der Waals surface area contributed by atoms with E-state index < -0.39 is 11.7 Å². The molecule has 0 spiro atoms. The second-order valence-electron chi connectivity index (χ2n) is 6.31. The minimum atomic E-state index is -0.648. The van der Waals surface area contributed by atoms with Crippen molar-refractivity contribution in [1.29, 1.82) is 0 Å². The normalized spacial score (nSPS) is 11.9. The molecule has 140 valence electrons. The van der Waals surface area contributed by atoms with Gasteiger partial charge in [-0.25, -0.2) is 0 Å². The molecular weight excluding hydrogens is 344 g/mol. The van der Waals surface area contributed by atoms with Gasteiger partial charge in [-0.3, -0.25) is 9.59 Å². The van der Waals surface area contributed by atoms with Crippen molar-refractivity contribution >= 4 is 22.6 Å². The topological polar surface area (TPSA) is 80.4 Å². The Morgan fingerprint density at radius 3 is 2.44 bits per heavy atom. The van der Waals surface area contributed by atoms with Crippen LogP contribution in [0.4, 0.5) is 0 Å². The lowest BCUT2D eigenvalue weighted by molar-refractivity contribution is -0.117. The Hall–Kier alpha value is -3.28. The summed E-state index contributed by atoms with van der Waals surface area (Å²) in [6.45, 7) is 3.60. The highest BCUT2D eigenvalue weighted by Crippen LogP contribution is 2.30. The summed E-state index contributed by atoms with van der Waals surface area (Å²) in [7, 11) is 3.11. The van der Waals surface area contributed by atoms with Crippen LogP contribution in [0.2, 0.25) is 0 Å². The summed E-state index contributed by atoms with van der Waals surface area (Å²) < 4.78 is 10.5. The summed E-state index contributed by atoms with van der Waals surface area (Å²) in [5, 5.41) is 3.51. The van der Waals surface area contributed by atoms with E-state index in [1.54, 1.807) is 33.3 Å². The number of carbonyl (C=O) groups is 2. The maximum Gasteiger partial charge on any atom is 0.292 e. The molecule has 1 atom stereocenters. The molecule has 2 aromatic carbocycles. The van der Waals surface area contributed by atoms with Crippen LogP contribution in [0.5, 0.6) is 11.5 Å². The van der Waals surface area contributed by atoms with Crippen molar-refractivity contribution < 1.29 is 19.1 Å². The summed E-state index contributed by atoms with van der Waals surface area (Å²) in [5.41, 5.74) is 2.72. The molecule has 0 aliphatic rings. The number of hydrogen-bond donors (Lipinski definition) is 2. The number of aromatic amines is 1. The van der Waals surface area contributed by atoms with Gasteiger partial charge in [0.05, 0.1) is 25.8 Å². The van der Waals surface area contributed by atoms with E-state index in [0.717, 1.165) is 16.5 Å². The zero-order valence-electron chi connectivity index (χ0n) is 15.8.